The Balaban J connectivity index is 2.21. The number of nitrogens with zero attached hydrogens (tertiary/aromatic N) is 1. The summed E-state index contributed by atoms with van der Waals surface area (Å²) >= 11 is 0. The molecule has 0 aromatic rings. The molecule has 0 amide bonds. The Kier molecular flexibility index (Phi) is 14.6. The molecule has 2 fully saturated rings. The Morgan fingerprint density at radius 1 is 0.980 bits per heavy atom. The highest BCUT2D eigenvalue weighted by Crippen LogP contribution is 2.41. The van der Waals surface area contributed by atoms with E-state index in [1.54, 1.807) is 55.4 Å². The average Bonchev–Trinajstić information content (AvgIpc) is 3.05. The number of carbonyl (C=O) groups excluding carboxylic acids is 1. The first-order chi connectivity index (χ1) is 23.4. The fourth-order valence-corrected chi connectivity index (χ4v) is 8.28. The largest absolute Gasteiger partial charge is 0.459 e. The predicted molar refractivity (Wildman–Crippen MR) is 189 cm³/mol. The van der Waals surface area contributed by atoms with Gasteiger partial charge in [-0.25, -0.2) is 0 Å². The molecule has 14 heteroatoms. The van der Waals surface area contributed by atoms with Crippen LogP contribution in [-0.2, 0) is 33.2 Å². The van der Waals surface area contributed by atoms with Crippen molar-refractivity contribution in [2.45, 2.75) is 179 Å². The molecule has 0 aromatic carbocycles. The fraction of sp³-hybridized carbons (Fsp3) is 0.919. The topological polar surface area (TPSA) is 203 Å². The number of aliphatic hydroxyl groups excluding tert-OH is 3. The summed E-state index contributed by atoms with van der Waals surface area (Å²) in [6.45, 7) is 16.9. The van der Waals surface area contributed by atoms with Crippen LogP contribution in [-0.4, -0.2) is 142 Å². The molecule has 0 aliphatic carbocycles. The molecule has 3 aliphatic heterocycles. The number of rotatable bonds is 7. The first-order valence-electron chi connectivity index (χ1n) is 18.4. The summed E-state index contributed by atoms with van der Waals surface area (Å²) in [4.78, 5) is 16.0. The Labute approximate surface area is 304 Å². The van der Waals surface area contributed by atoms with Gasteiger partial charge in [-0.1, -0.05) is 20.8 Å². The van der Waals surface area contributed by atoms with Crippen LogP contribution in [0.25, 0.3) is 0 Å². The van der Waals surface area contributed by atoms with Gasteiger partial charge < -0.3 is 64.6 Å². The van der Waals surface area contributed by atoms with Crippen molar-refractivity contribution >= 4 is 5.97 Å². The second-order valence-electron chi connectivity index (χ2n) is 16.4. The van der Waals surface area contributed by atoms with E-state index in [9.17, 15) is 30.3 Å². The molecule has 14 nitrogen and oxygen atoms in total. The van der Waals surface area contributed by atoms with E-state index >= 15 is 0 Å². The maximum absolute atomic E-state index is 14.1. The van der Waals surface area contributed by atoms with Crippen molar-refractivity contribution in [2.75, 3.05) is 21.2 Å². The number of hydrogen-bond acceptors (Lipinski definition) is 14. The van der Waals surface area contributed by atoms with Crippen molar-refractivity contribution < 1.29 is 58.7 Å². The molecule has 3 heterocycles. The van der Waals surface area contributed by atoms with Gasteiger partial charge in [-0.15, -0.1) is 0 Å². The number of methoxy groups -OCH3 is 1. The van der Waals surface area contributed by atoms with Gasteiger partial charge in [0.2, 0.25) is 0 Å². The van der Waals surface area contributed by atoms with Crippen molar-refractivity contribution in [1.29, 1.82) is 0 Å². The first-order valence-corrected chi connectivity index (χ1v) is 18.4. The van der Waals surface area contributed by atoms with Gasteiger partial charge in [0.1, 0.15) is 30.0 Å². The van der Waals surface area contributed by atoms with E-state index in [0.29, 0.717) is 6.42 Å². The number of aliphatic hydroxyl groups is 5. The molecule has 0 spiro atoms. The molecule has 51 heavy (non-hydrogen) atoms. The minimum absolute atomic E-state index is 0.0309. The molecule has 7 N–H and O–H groups in total. The Hall–Kier alpha value is -1.43. The minimum atomic E-state index is -1.91. The van der Waals surface area contributed by atoms with Crippen LogP contribution in [0.3, 0.4) is 0 Å². The molecule has 0 radical (unpaired) electrons. The molecule has 17 atom stereocenters. The quantitative estimate of drug-likeness (QED) is 0.207. The Bertz CT molecular complexity index is 1200. The summed E-state index contributed by atoms with van der Waals surface area (Å²) < 4.78 is 37.3. The van der Waals surface area contributed by atoms with Crippen molar-refractivity contribution in [3.8, 4) is 0 Å². The zero-order valence-corrected chi connectivity index (χ0v) is 33.0. The molecule has 0 aromatic heterocycles. The van der Waals surface area contributed by atoms with E-state index in [1.165, 1.54) is 14.0 Å². The number of esters is 1. The van der Waals surface area contributed by atoms with Crippen molar-refractivity contribution in [1.82, 2.24) is 4.90 Å². The maximum Gasteiger partial charge on any atom is 0.311 e. The highest BCUT2D eigenvalue weighted by Gasteiger charge is 2.52. The fourth-order valence-electron chi connectivity index (χ4n) is 8.28. The van der Waals surface area contributed by atoms with Crippen molar-refractivity contribution in [2.24, 2.45) is 23.5 Å². The van der Waals surface area contributed by atoms with Crippen molar-refractivity contribution in [3.05, 3.63) is 11.3 Å². The van der Waals surface area contributed by atoms with E-state index in [0.717, 1.165) is 0 Å². The second-order valence-corrected chi connectivity index (χ2v) is 16.4. The zero-order chi connectivity index (χ0) is 39.0. The predicted octanol–water partition coefficient (Wildman–Crippen LogP) is 1.81. The van der Waals surface area contributed by atoms with Gasteiger partial charge in [-0.3, -0.25) is 4.79 Å². The normalized spacial score (nSPS) is 48.3. The number of cyclic esters (lactones) is 1. The minimum Gasteiger partial charge on any atom is -0.459 e. The summed E-state index contributed by atoms with van der Waals surface area (Å²) in [7, 11) is 5.23. The summed E-state index contributed by atoms with van der Waals surface area (Å²) in [5.74, 6) is -3.07. The van der Waals surface area contributed by atoms with E-state index in [2.05, 4.69) is 0 Å². The van der Waals surface area contributed by atoms with E-state index in [1.807, 2.05) is 25.9 Å². The molecule has 0 saturated carbocycles. The molecule has 0 bridgehead atoms. The SMILES string of the molecule is CC[C@H]1OC(=O)[C@H](C)[C@H](O[C@@H]2C[C@](C)(OC)[C@H](O)[C@@H](C)O2)[C@@H](C)[C@H](O[C@H]2O[C@H](C)C[C@H](N(C)C)[C@H]2O)[C@](C)(O)C[C@H](C)C(N)=C(C)[C@@H](O)[C@@]1(C)O. The van der Waals surface area contributed by atoms with Crippen molar-refractivity contribution in [3.63, 3.8) is 0 Å². The second kappa shape index (κ2) is 16.9. The summed E-state index contributed by atoms with van der Waals surface area (Å²) in [5, 5.41) is 57.9. The number of allylic oxidation sites excluding steroid dienone is 1. The molecule has 298 valence electrons. The van der Waals surface area contributed by atoms with Crippen LogP contribution in [0.5, 0.6) is 0 Å². The lowest BCUT2D eigenvalue weighted by molar-refractivity contribution is -0.318. The lowest BCUT2D eigenvalue weighted by atomic mass is 9.76. The summed E-state index contributed by atoms with van der Waals surface area (Å²) in [6.07, 6.45) is -9.00. The highest BCUT2D eigenvalue weighted by atomic mass is 16.7. The van der Waals surface area contributed by atoms with Gasteiger partial charge in [0.25, 0.3) is 0 Å². The number of likely N-dealkylation sites (N-methyl/N-ethyl adjacent to an activating group) is 1. The lowest BCUT2D eigenvalue weighted by Gasteiger charge is -2.49. The molecule has 3 rings (SSSR count). The van der Waals surface area contributed by atoms with E-state index in [-0.39, 0.29) is 42.7 Å². The van der Waals surface area contributed by atoms with Gasteiger partial charge in [-0.2, -0.15) is 0 Å². The average molecular weight is 733 g/mol. The Morgan fingerprint density at radius 2 is 1.59 bits per heavy atom. The standard InChI is InChI=1S/C37H68N2O12/c1-14-25-37(10,45)30(41)20(4)27(38)18(2)16-35(8,44)32(51-34-28(40)24(39(11)12)15-19(3)47-34)21(5)29(22(6)33(43)49-25)50-26-17-36(9,46-13)31(42)23(7)48-26/h18-19,21-26,28-32,34,40-42,44-45H,14-17,38H2,1-13H3/t18-,19+,21+,22+,23+,24-,25+,26+,28+,29+,30+,31+,32-,34+,35+,36-,37-/m0/s1. The molecule has 2 saturated heterocycles. The van der Waals surface area contributed by atoms with E-state index < -0.39 is 95.8 Å². The summed E-state index contributed by atoms with van der Waals surface area (Å²) in [5.41, 5.74) is 2.53. The van der Waals surface area contributed by atoms with Crippen LogP contribution < -0.4 is 5.73 Å². The smallest absolute Gasteiger partial charge is 0.311 e. The van der Waals surface area contributed by atoms with Gasteiger partial charge in [0.15, 0.2) is 12.6 Å². The number of nitrogens with two attached hydrogens (primary N) is 1. The maximum atomic E-state index is 14.1. The van der Waals surface area contributed by atoms with E-state index in [4.69, 9.17) is 34.2 Å². The first kappa shape index (κ1) is 44.0. The number of hydrogen-bond donors (Lipinski definition) is 6. The zero-order valence-electron chi connectivity index (χ0n) is 33.0. The van der Waals surface area contributed by atoms with Crippen LogP contribution >= 0.6 is 0 Å². The monoisotopic (exact) mass is 732 g/mol. The summed E-state index contributed by atoms with van der Waals surface area (Å²) in [6, 6.07) is -0.297. The third kappa shape index (κ3) is 9.45. The van der Waals surface area contributed by atoms with Crippen LogP contribution in [0, 0.1) is 17.8 Å². The van der Waals surface area contributed by atoms with Gasteiger partial charge in [0, 0.05) is 31.2 Å². The molecular weight excluding hydrogens is 664 g/mol. The van der Waals surface area contributed by atoms with Crippen LogP contribution in [0.2, 0.25) is 0 Å². The van der Waals surface area contributed by atoms with Crippen LogP contribution in [0.1, 0.15) is 94.9 Å². The third-order valence-corrected chi connectivity index (χ3v) is 11.8. The third-order valence-electron chi connectivity index (χ3n) is 11.8. The number of carbonyl (C=O) groups is 1. The molecule has 0 unspecified atom stereocenters. The number of ether oxygens (including phenoxy) is 6. The lowest BCUT2D eigenvalue weighted by Crippen LogP contribution is -2.60. The van der Waals surface area contributed by atoms with Gasteiger partial charge >= 0.3 is 5.97 Å². The Morgan fingerprint density at radius 3 is 2.14 bits per heavy atom. The van der Waals surface area contributed by atoms with Gasteiger partial charge in [0.05, 0.1) is 41.5 Å². The van der Waals surface area contributed by atoms with Gasteiger partial charge in [-0.05, 0) is 93.3 Å². The molecular formula is C37H68N2O12. The highest BCUT2D eigenvalue weighted by molar-refractivity contribution is 5.73. The van der Waals surface area contributed by atoms with Crippen LogP contribution in [0.15, 0.2) is 11.3 Å². The molecule has 3 aliphatic rings. The van der Waals surface area contributed by atoms with Crippen LogP contribution in [0.4, 0.5) is 0 Å².